The maximum absolute atomic E-state index is 6.49. The molecule has 1 aromatic heterocycles. The molecule has 0 amide bonds. The number of para-hydroxylation sites is 1. The van der Waals surface area contributed by atoms with Gasteiger partial charge in [0.25, 0.3) is 0 Å². The van der Waals surface area contributed by atoms with Crippen molar-refractivity contribution in [2.75, 3.05) is 0 Å². The molecule has 3 heterocycles. The van der Waals surface area contributed by atoms with Crippen LogP contribution >= 0.6 is 0 Å². The second-order valence-electron chi connectivity index (χ2n) is 11.1. The summed E-state index contributed by atoms with van der Waals surface area (Å²) in [7, 11) is -0.608. The zero-order chi connectivity index (χ0) is 25.7. The zero-order valence-electron chi connectivity index (χ0n) is 21.7. The van der Waals surface area contributed by atoms with Crippen LogP contribution in [0.15, 0.2) is 97.6 Å². The van der Waals surface area contributed by atoms with Gasteiger partial charge in [0.05, 0.1) is 33.3 Å². The number of imidazole rings is 1. The highest BCUT2D eigenvalue weighted by Gasteiger charge is 2.56. The van der Waals surface area contributed by atoms with Crippen molar-refractivity contribution in [1.82, 2.24) is 9.55 Å². The zero-order valence-corrected chi connectivity index (χ0v) is 21.7. The van der Waals surface area contributed by atoms with Gasteiger partial charge in [-0.25, -0.2) is 4.98 Å². The molecule has 0 N–H and O–H groups in total. The van der Waals surface area contributed by atoms with Crippen molar-refractivity contribution in [2.24, 2.45) is 0 Å². The standard InChI is InChI=1S/C32H29BN2O2/c1-7-22-27(8-2)35-28-25(32(22)23-16-11-9-14-20(23)21-15-10-12-17-24(21)32)18-13-19-26(28)34-29(35)33-36-30(3,4)31(5,6)37-33/h7-19H,1-2H2,3-6H3. The first-order valence-corrected chi connectivity index (χ1v) is 12.8. The maximum Gasteiger partial charge on any atom is 0.533 e. The van der Waals surface area contributed by atoms with Crippen molar-refractivity contribution in [3.63, 3.8) is 0 Å². The molecule has 0 radical (unpaired) electrons. The summed E-state index contributed by atoms with van der Waals surface area (Å²) in [6.07, 6.45) is 3.92. The number of nitrogens with zero attached hydrogens (tertiary/aromatic N) is 2. The summed E-state index contributed by atoms with van der Waals surface area (Å²) in [5.74, 6) is 0. The summed E-state index contributed by atoms with van der Waals surface area (Å²) in [4.78, 5) is 5.13. The van der Waals surface area contributed by atoms with Crippen LogP contribution in [0, 0.1) is 0 Å². The van der Waals surface area contributed by atoms with Crippen LogP contribution in [0.5, 0.6) is 0 Å². The predicted molar refractivity (Wildman–Crippen MR) is 151 cm³/mol. The van der Waals surface area contributed by atoms with E-state index in [0.717, 1.165) is 28.0 Å². The molecule has 7 rings (SSSR count). The molecule has 1 spiro atoms. The molecule has 37 heavy (non-hydrogen) atoms. The molecular formula is C32H29BN2O2. The first-order valence-electron chi connectivity index (χ1n) is 12.8. The average molecular weight is 484 g/mol. The van der Waals surface area contributed by atoms with E-state index in [0.29, 0.717) is 0 Å². The van der Waals surface area contributed by atoms with Crippen LogP contribution in [0.3, 0.4) is 0 Å². The smallest absolute Gasteiger partial charge is 0.397 e. The number of fused-ring (bicyclic) bond motifs is 6. The van der Waals surface area contributed by atoms with Gasteiger partial charge in [0.1, 0.15) is 5.72 Å². The number of rotatable bonds is 3. The number of hydrogen-bond donors (Lipinski definition) is 0. The average Bonchev–Trinajstić information content (AvgIpc) is 3.48. The van der Waals surface area contributed by atoms with Crippen molar-refractivity contribution < 1.29 is 9.31 Å². The SMILES string of the molecule is C=CC1=C(C=C)C2(c3ccccc3-c3ccccc32)c2cccc3nc(B4OC(C)(C)C(C)(C)O4)n1c23. The van der Waals surface area contributed by atoms with Crippen LogP contribution in [-0.4, -0.2) is 27.9 Å². The Morgan fingerprint density at radius 2 is 1.32 bits per heavy atom. The van der Waals surface area contributed by atoms with Crippen LogP contribution in [0.4, 0.5) is 0 Å². The summed E-state index contributed by atoms with van der Waals surface area (Å²) >= 11 is 0. The largest absolute Gasteiger partial charge is 0.533 e. The second-order valence-corrected chi connectivity index (χ2v) is 11.1. The third-order valence-electron chi connectivity index (χ3n) is 8.84. The lowest BCUT2D eigenvalue weighted by Crippen LogP contribution is -2.43. The molecule has 3 aromatic carbocycles. The lowest BCUT2D eigenvalue weighted by Gasteiger charge is -2.39. The van der Waals surface area contributed by atoms with E-state index in [-0.39, 0.29) is 0 Å². The summed E-state index contributed by atoms with van der Waals surface area (Å²) in [6, 6.07) is 23.8. The van der Waals surface area contributed by atoms with Crippen LogP contribution in [0.2, 0.25) is 0 Å². The van der Waals surface area contributed by atoms with Crippen molar-refractivity contribution in [3.05, 3.63) is 114 Å². The second kappa shape index (κ2) is 7.22. The van der Waals surface area contributed by atoms with Gasteiger partial charge in [-0.3, -0.25) is 4.57 Å². The lowest BCUT2D eigenvalue weighted by molar-refractivity contribution is 0.00578. The van der Waals surface area contributed by atoms with Gasteiger partial charge >= 0.3 is 7.12 Å². The Bertz CT molecular complexity index is 1630. The Morgan fingerprint density at radius 1 is 0.757 bits per heavy atom. The monoisotopic (exact) mass is 484 g/mol. The first-order chi connectivity index (χ1) is 17.8. The van der Waals surface area contributed by atoms with Crippen molar-refractivity contribution in [3.8, 4) is 11.1 Å². The molecule has 4 nitrogen and oxygen atoms in total. The van der Waals surface area contributed by atoms with Crippen molar-refractivity contribution >= 4 is 29.6 Å². The molecule has 1 aliphatic carbocycles. The molecule has 5 heteroatoms. The third kappa shape index (κ3) is 2.58. The van der Waals surface area contributed by atoms with E-state index in [9.17, 15) is 0 Å². The van der Waals surface area contributed by atoms with Crippen LogP contribution in [0.25, 0.3) is 27.9 Å². The number of aromatic nitrogens is 2. The van der Waals surface area contributed by atoms with E-state index in [1.807, 2.05) is 12.2 Å². The Morgan fingerprint density at radius 3 is 1.89 bits per heavy atom. The van der Waals surface area contributed by atoms with Gasteiger partial charge in [-0.15, -0.1) is 0 Å². The van der Waals surface area contributed by atoms with Crippen LogP contribution in [-0.2, 0) is 14.7 Å². The molecule has 4 aromatic rings. The lowest BCUT2D eigenvalue weighted by atomic mass is 9.65. The van der Waals surface area contributed by atoms with Gasteiger partial charge < -0.3 is 9.31 Å². The van der Waals surface area contributed by atoms with Crippen molar-refractivity contribution in [2.45, 2.75) is 44.3 Å². The highest BCUT2D eigenvalue weighted by atomic mass is 16.7. The minimum atomic E-state index is -0.608. The predicted octanol–water partition coefficient (Wildman–Crippen LogP) is 6.25. The van der Waals surface area contributed by atoms with Crippen molar-refractivity contribution in [1.29, 1.82) is 0 Å². The molecular weight excluding hydrogens is 455 g/mol. The Balaban J connectivity index is 1.62. The van der Waals surface area contributed by atoms with E-state index in [1.165, 1.54) is 27.8 Å². The first kappa shape index (κ1) is 22.5. The van der Waals surface area contributed by atoms with Gasteiger partial charge in [0.2, 0.25) is 0 Å². The Hall–Kier alpha value is -3.67. The normalized spacial score (nSPS) is 19.8. The molecule has 182 valence electrons. The Labute approximate surface area is 218 Å². The fourth-order valence-corrected chi connectivity index (χ4v) is 6.53. The quantitative estimate of drug-likeness (QED) is 0.323. The number of allylic oxidation sites excluding steroid dienone is 4. The minimum absolute atomic E-state index is 0.475. The van der Waals surface area contributed by atoms with Gasteiger partial charge in [-0.05, 0) is 73.2 Å². The van der Waals surface area contributed by atoms with Gasteiger partial charge in [0.15, 0.2) is 0 Å². The van der Waals surface area contributed by atoms with E-state index < -0.39 is 23.7 Å². The highest BCUT2D eigenvalue weighted by molar-refractivity contribution is 6.61. The molecule has 0 saturated carbocycles. The fourth-order valence-electron chi connectivity index (χ4n) is 6.53. The van der Waals surface area contributed by atoms with E-state index in [1.54, 1.807) is 0 Å². The molecule has 3 aliphatic rings. The molecule has 1 saturated heterocycles. The van der Waals surface area contributed by atoms with Gasteiger partial charge in [0, 0.05) is 0 Å². The summed E-state index contributed by atoms with van der Waals surface area (Å²) in [6.45, 7) is 16.9. The van der Waals surface area contributed by atoms with Gasteiger partial charge in [-0.1, -0.05) is 79.9 Å². The maximum atomic E-state index is 6.49. The van der Waals surface area contributed by atoms with Crippen LogP contribution < -0.4 is 5.72 Å². The molecule has 0 bridgehead atoms. The minimum Gasteiger partial charge on any atom is -0.397 e. The topological polar surface area (TPSA) is 36.3 Å². The number of hydrogen-bond acceptors (Lipinski definition) is 3. The molecule has 0 unspecified atom stereocenters. The van der Waals surface area contributed by atoms with Gasteiger partial charge in [-0.2, -0.15) is 0 Å². The highest BCUT2D eigenvalue weighted by Crippen LogP contribution is 2.60. The molecule has 1 fully saturated rings. The molecule has 0 atom stereocenters. The third-order valence-corrected chi connectivity index (χ3v) is 8.84. The van der Waals surface area contributed by atoms with E-state index >= 15 is 0 Å². The van der Waals surface area contributed by atoms with Crippen LogP contribution in [0.1, 0.15) is 44.4 Å². The summed E-state index contributed by atoms with van der Waals surface area (Å²) in [5, 5.41) is 0. The Kier molecular flexibility index (Phi) is 4.39. The summed E-state index contributed by atoms with van der Waals surface area (Å²) in [5.41, 5.74) is 9.42. The summed E-state index contributed by atoms with van der Waals surface area (Å²) < 4.78 is 15.2. The number of benzene rings is 3. The molecule has 2 aliphatic heterocycles. The van der Waals surface area contributed by atoms with E-state index in [4.69, 9.17) is 14.3 Å². The fraction of sp³-hybridized carbons (Fsp3) is 0.219. The van der Waals surface area contributed by atoms with E-state index in [2.05, 4.69) is 112 Å².